The van der Waals surface area contributed by atoms with Crippen molar-refractivity contribution in [1.82, 2.24) is 0 Å². The molecule has 0 saturated heterocycles. The van der Waals surface area contributed by atoms with Crippen molar-refractivity contribution in [2.75, 3.05) is 5.73 Å². The van der Waals surface area contributed by atoms with Crippen molar-refractivity contribution in [2.45, 2.75) is 0 Å². The van der Waals surface area contributed by atoms with Crippen LogP contribution in [0.15, 0.2) is 40.9 Å². The monoisotopic (exact) mass is 299 g/mol. The summed E-state index contributed by atoms with van der Waals surface area (Å²) >= 11 is 3.01. The lowest BCUT2D eigenvalue weighted by Crippen LogP contribution is -1.95. The highest BCUT2D eigenvalue weighted by Crippen LogP contribution is 2.33. The lowest BCUT2D eigenvalue weighted by molar-refractivity contribution is 0.442. The molecule has 0 bridgehead atoms. The number of ether oxygens (including phenoxy) is 1. The highest BCUT2D eigenvalue weighted by atomic mass is 79.9. The van der Waals surface area contributed by atoms with E-state index in [1.54, 1.807) is 12.1 Å². The van der Waals surface area contributed by atoms with Gasteiger partial charge in [0, 0.05) is 12.1 Å². The second-order valence-corrected chi connectivity index (χ2v) is 4.19. The quantitative estimate of drug-likeness (QED) is 0.847. The van der Waals surface area contributed by atoms with Crippen molar-refractivity contribution in [2.24, 2.45) is 0 Å². The van der Waals surface area contributed by atoms with E-state index in [1.807, 2.05) is 0 Å². The molecular formula is C12H8BrF2NO. The zero-order valence-corrected chi connectivity index (χ0v) is 10.2. The Hall–Kier alpha value is -1.62. The van der Waals surface area contributed by atoms with Gasteiger partial charge in [0.15, 0.2) is 17.3 Å². The first-order valence-corrected chi connectivity index (χ1v) is 5.54. The van der Waals surface area contributed by atoms with Crippen molar-refractivity contribution in [3.63, 3.8) is 0 Å². The van der Waals surface area contributed by atoms with Gasteiger partial charge in [-0.05, 0) is 28.1 Å². The van der Waals surface area contributed by atoms with Gasteiger partial charge < -0.3 is 10.5 Å². The fraction of sp³-hybridized carbons (Fsp3) is 0. The van der Waals surface area contributed by atoms with E-state index in [4.69, 9.17) is 10.5 Å². The van der Waals surface area contributed by atoms with Gasteiger partial charge in [0.1, 0.15) is 5.82 Å². The van der Waals surface area contributed by atoms with E-state index in [1.165, 1.54) is 18.2 Å². The van der Waals surface area contributed by atoms with Crippen molar-refractivity contribution in [1.29, 1.82) is 0 Å². The molecule has 0 aromatic heterocycles. The lowest BCUT2D eigenvalue weighted by Gasteiger charge is -2.09. The Kier molecular flexibility index (Phi) is 3.28. The van der Waals surface area contributed by atoms with Gasteiger partial charge in [0.25, 0.3) is 0 Å². The van der Waals surface area contributed by atoms with Gasteiger partial charge in [-0.1, -0.05) is 12.1 Å². The molecule has 0 aliphatic heterocycles. The maximum atomic E-state index is 13.3. The largest absolute Gasteiger partial charge is 0.452 e. The number of benzene rings is 2. The summed E-state index contributed by atoms with van der Waals surface area (Å²) in [5, 5.41) is 0. The smallest absolute Gasteiger partial charge is 0.165 e. The molecule has 88 valence electrons. The number of hydrogen-bond acceptors (Lipinski definition) is 2. The van der Waals surface area contributed by atoms with Gasteiger partial charge in [0.2, 0.25) is 0 Å². The van der Waals surface area contributed by atoms with Crippen LogP contribution < -0.4 is 10.5 Å². The number of para-hydroxylation sites is 1. The fourth-order valence-electron chi connectivity index (χ4n) is 1.28. The maximum Gasteiger partial charge on any atom is 0.165 e. The van der Waals surface area contributed by atoms with Gasteiger partial charge in [0.05, 0.1) is 10.2 Å². The zero-order valence-electron chi connectivity index (χ0n) is 8.58. The molecule has 0 aliphatic rings. The van der Waals surface area contributed by atoms with Crippen LogP contribution in [0.25, 0.3) is 0 Å². The van der Waals surface area contributed by atoms with Crippen LogP contribution in [0.5, 0.6) is 11.5 Å². The third-order valence-corrected chi connectivity index (χ3v) is 2.72. The first-order valence-electron chi connectivity index (χ1n) is 4.75. The minimum Gasteiger partial charge on any atom is -0.452 e. The van der Waals surface area contributed by atoms with Crippen LogP contribution in [0.3, 0.4) is 0 Å². The molecule has 0 radical (unpaired) electrons. The molecule has 2 rings (SSSR count). The second kappa shape index (κ2) is 4.71. The Morgan fingerprint density at radius 3 is 2.41 bits per heavy atom. The Morgan fingerprint density at radius 2 is 1.71 bits per heavy atom. The minimum absolute atomic E-state index is 0.0395. The molecule has 5 heteroatoms. The summed E-state index contributed by atoms with van der Waals surface area (Å²) in [6, 6.07) is 8.38. The van der Waals surface area contributed by atoms with Gasteiger partial charge in [-0.25, -0.2) is 8.78 Å². The summed E-state index contributed by atoms with van der Waals surface area (Å²) in [6.07, 6.45) is 0. The van der Waals surface area contributed by atoms with E-state index in [9.17, 15) is 8.78 Å². The maximum absolute atomic E-state index is 13.3. The van der Waals surface area contributed by atoms with E-state index < -0.39 is 11.6 Å². The summed E-state index contributed by atoms with van der Waals surface area (Å²) < 4.78 is 31.9. The molecule has 2 N–H and O–H groups in total. The van der Waals surface area contributed by atoms with Crippen LogP contribution in [0.2, 0.25) is 0 Å². The van der Waals surface area contributed by atoms with Crippen molar-refractivity contribution >= 4 is 21.6 Å². The predicted molar refractivity (Wildman–Crippen MR) is 65.0 cm³/mol. The number of nitrogen functional groups attached to an aromatic ring is 1. The molecule has 2 aromatic rings. The Morgan fingerprint density at radius 1 is 1.00 bits per heavy atom. The second-order valence-electron chi connectivity index (χ2n) is 3.34. The standard InChI is InChI=1S/C12H8BrF2NO/c13-7-5-12(10(16)6-9(7)15)17-11-4-2-1-3-8(11)14/h1-6H,16H2. The van der Waals surface area contributed by atoms with Crippen LogP contribution in [0.1, 0.15) is 0 Å². The number of hydrogen-bond donors (Lipinski definition) is 1. The fourth-order valence-corrected chi connectivity index (χ4v) is 1.60. The number of anilines is 1. The SMILES string of the molecule is Nc1cc(F)c(Br)cc1Oc1ccccc1F. The number of nitrogens with two attached hydrogens (primary N) is 1. The summed E-state index contributed by atoms with van der Waals surface area (Å²) in [7, 11) is 0. The first kappa shape index (κ1) is 11.9. The molecule has 0 saturated carbocycles. The van der Waals surface area contributed by atoms with Crippen molar-refractivity contribution < 1.29 is 13.5 Å². The molecule has 0 aliphatic carbocycles. The van der Waals surface area contributed by atoms with Crippen LogP contribution in [0.4, 0.5) is 14.5 Å². The Labute approximate surface area is 105 Å². The highest BCUT2D eigenvalue weighted by Gasteiger charge is 2.10. The van der Waals surface area contributed by atoms with Gasteiger partial charge >= 0.3 is 0 Å². The van der Waals surface area contributed by atoms with E-state index in [-0.39, 0.29) is 21.7 Å². The minimum atomic E-state index is -0.507. The molecule has 0 amide bonds. The molecule has 0 spiro atoms. The molecule has 17 heavy (non-hydrogen) atoms. The summed E-state index contributed by atoms with van der Waals surface area (Å²) in [5.41, 5.74) is 5.69. The van der Waals surface area contributed by atoms with E-state index in [2.05, 4.69) is 15.9 Å². The van der Waals surface area contributed by atoms with Gasteiger partial charge in [-0.3, -0.25) is 0 Å². The predicted octanol–water partition coefficient (Wildman–Crippen LogP) is 4.10. The third-order valence-electron chi connectivity index (χ3n) is 2.11. The van der Waals surface area contributed by atoms with E-state index in [0.29, 0.717) is 0 Å². The molecule has 0 atom stereocenters. The highest BCUT2D eigenvalue weighted by molar-refractivity contribution is 9.10. The topological polar surface area (TPSA) is 35.2 Å². The number of rotatable bonds is 2. The summed E-state index contributed by atoms with van der Waals surface area (Å²) in [4.78, 5) is 0. The van der Waals surface area contributed by atoms with Crippen LogP contribution >= 0.6 is 15.9 Å². The zero-order chi connectivity index (χ0) is 12.4. The van der Waals surface area contributed by atoms with Crippen LogP contribution in [-0.2, 0) is 0 Å². The first-order chi connectivity index (χ1) is 8.08. The summed E-state index contributed by atoms with van der Waals surface area (Å²) in [5.74, 6) is -0.767. The molecule has 0 fully saturated rings. The average Bonchev–Trinajstić information content (AvgIpc) is 2.29. The van der Waals surface area contributed by atoms with Crippen molar-refractivity contribution in [3.8, 4) is 11.5 Å². The third kappa shape index (κ3) is 2.55. The summed E-state index contributed by atoms with van der Waals surface area (Å²) in [6.45, 7) is 0. The van der Waals surface area contributed by atoms with E-state index >= 15 is 0 Å². The molecule has 2 nitrogen and oxygen atoms in total. The van der Waals surface area contributed by atoms with Crippen molar-refractivity contribution in [3.05, 3.63) is 52.5 Å². The lowest BCUT2D eigenvalue weighted by atomic mass is 10.3. The Bertz CT molecular complexity index is 560. The Balaban J connectivity index is 2.37. The van der Waals surface area contributed by atoms with Gasteiger partial charge in [-0.15, -0.1) is 0 Å². The molecule has 0 heterocycles. The normalized spacial score (nSPS) is 10.3. The van der Waals surface area contributed by atoms with Crippen LogP contribution in [0, 0.1) is 11.6 Å². The van der Waals surface area contributed by atoms with E-state index in [0.717, 1.165) is 6.07 Å². The molecule has 0 unspecified atom stereocenters. The average molecular weight is 300 g/mol. The number of halogens is 3. The van der Waals surface area contributed by atoms with Gasteiger partial charge in [-0.2, -0.15) is 0 Å². The van der Waals surface area contributed by atoms with Crippen LogP contribution in [-0.4, -0.2) is 0 Å². The molecular weight excluding hydrogens is 292 g/mol. The molecule has 2 aromatic carbocycles.